The summed E-state index contributed by atoms with van der Waals surface area (Å²) < 4.78 is 14.8. The van der Waals surface area contributed by atoms with Crippen molar-refractivity contribution in [3.8, 4) is 17.2 Å². The van der Waals surface area contributed by atoms with Crippen LogP contribution in [0.1, 0.15) is 11.4 Å². The molecule has 1 aliphatic rings. The summed E-state index contributed by atoms with van der Waals surface area (Å²) >= 11 is 0. The van der Waals surface area contributed by atoms with Crippen molar-refractivity contribution in [2.45, 2.75) is 20.0 Å². The number of hydrogen-bond acceptors (Lipinski definition) is 8. The van der Waals surface area contributed by atoms with E-state index in [1.54, 1.807) is 7.11 Å². The van der Waals surface area contributed by atoms with Gasteiger partial charge in [0, 0.05) is 38.4 Å². The molecule has 10 heteroatoms. The van der Waals surface area contributed by atoms with Crippen LogP contribution in [0.25, 0.3) is 28.4 Å². The van der Waals surface area contributed by atoms with Crippen molar-refractivity contribution in [3.05, 3.63) is 48.0 Å². The molecule has 4 aromatic rings. The normalized spacial score (nSPS) is 14.4. The topological polar surface area (TPSA) is 86.4 Å². The molecule has 0 radical (unpaired) electrons. The van der Waals surface area contributed by atoms with E-state index in [1.807, 2.05) is 41.8 Å². The molecule has 0 amide bonds. The second-order valence-corrected chi connectivity index (χ2v) is 9.07. The Kier molecular flexibility index (Phi) is 6.76. The van der Waals surface area contributed by atoms with Crippen LogP contribution in [-0.4, -0.2) is 88.3 Å². The smallest absolute Gasteiger partial charge is 0.181 e. The number of imidazole rings is 1. The number of ether oxygens (including phenoxy) is 2. The Balaban J connectivity index is 1.67. The summed E-state index contributed by atoms with van der Waals surface area (Å²) in [6, 6.07) is 10.3. The number of methoxy groups -OCH3 is 1. The van der Waals surface area contributed by atoms with E-state index in [1.165, 1.54) is 5.56 Å². The van der Waals surface area contributed by atoms with Crippen LogP contribution in [0.2, 0.25) is 0 Å². The number of benzene rings is 1. The zero-order chi connectivity index (χ0) is 24.4. The number of nitrogens with zero attached hydrogens (tertiary/aromatic N) is 8. The predicted molar refractivity (Wildman–Crippen MR) is 135 cm³/mol. The lowest BCUT2D eigenvalue weighted by Gasteiger charge is -2.29. The van der Waals surface area contributed by atoms with Crippen LogP contribution in [0.3, 0.4) is 0 Å². The zero-order valence-corrected chi connectivity index (χ0v) is 20.8. The van der Waals surface area contributed by atoms with Crippen molar-refractivity contribution in [1.82, 2.24) is 34.2 Å². The Morgan fingerprint density at radius 3 is 2.69 bits per heavy atom. The molecule has 3 aromatic heterocycles. The lowest BCUT2D eigenvalue weighted by Crippen LogP contribution is -2.36. The minimum absolute atomic E-state index is 0.580. The summed E-state index contributed by atoms with van der Waals surface area (Å²) in [4.78, 5) is 19.1. The minimum Gasteiger partial charge on any atom is -0.383 e. The van der Waals surface area contributed by atoms with Crippen molar-refractivity contribution < 1.29 is 9.47 Å². The highest BCUT2D eigenvalue weighted by atomic mass is 16.5. The Bertz CT molecular complexity index is 1310. The lowest BCUT2D eigenvalue weighted by molar-refractivity contribution is 0.123. The van der Waals surface area contributed by atoms with E-state index in [0.717, 1.165) is 47.1 Å². The Morgan fingerprint density at radius 1 is 1.11 bits per heavy atom. The molecule has 0 saturated carbocycles. The van der Waals surface area contributed by atoms with Crippen LogP contribution in [0.15, 0.2) is 36.7 Å². The van der Waals surface area contributed by atoms with Gasteiger partial charge in [0.15, 0.2) is 17.3 Å². The lowest BCUT2D eigenvalue weighted by atomic mass is 10.1. The first-order valence-corrected chi connectivity index (χ1v) is 11.9. The number of pyridine rings is 1. The van der Waals surface area contributed by atoms with Crippen LogP contribution in [0.4, 0.5) is 5.69 Å². The second-order valence-electron chi connectivity index (χ2n) is 9.07. The van der Waals surface area contributed by atoms with E-state index in [9.17, 15) is 0 Å². The van der Waals surface area contributed by atoms with Gasteiger partial charge in [-0.05, 0) is 27.1 Å². The van der Waals surface area contributed by atoms with Crippen LogP contribution in [-0.2, 0) is 22.6 Å². The van der Waals surface area contributed by atoms with Crippen molar-refractivity contribution in [1.29, 1.82) is 0 Å². The molecule has 0 unspecified atom stereocenters. The summed E-state index contributed by atoms with van der Waals surface area (Å²) in [5.74, 6) is 2.24. The SMILES string of the molecule is COCCn1cnc2c(N3CCOCC3)cc(-n3nc(-c4cccc(C)c4)nc3CN(C)C)nc21. The monoisotopic (exact) mass is 476 g/mol. The standard InChI is InChI=1S/C25H32N8O2/c1-18-6-5-7-19(14-18)24-27-22(16-30(2)3)33(29-24)21-15-20(31-9-12-35-13-10-31)23-25(28-21)32(17-26-23)8-11-34-4/h5-7,14-15,17H,8-13,16H2,1-4H3. The largest absolute Gasteiger partial charge is 0.383 e. The molecular formula is C25H32N8O2. The maximum absolute atomic E-state index is 5.60. The summed E-state index contributed by atoms with van der Waals surface area (Å²) in [7, 11) is 5.76. The average molecular weight is 477 g/mol. The van der Waals surface area contributed by atoms with E-state index >= 15 is 0 Å². The van der Waals surface area contributed by atoms with E-state index in [-0.39, 0.29) is 0 Å². The third kappa shape index (κ3) is 4.90. The van der Waals surface area contributed by atoms with Gasteiger partial charge in [-0.1, -0.05) is 23.8 Å². The van der Waals surface area contributed by atoms with Gasteiger partial charge in [0.2, 0.25) is 0 Å². The molecule has 5 rings (SSSR count). The molecule has 0 N–H and O–H groups in total. The fourth-order valence-electron chi connectivity index (χ4n) is 4.33. The number of aryl methyl sites for hydroxylation is 1. The van der Waals surface area contributed by atoms with Gasteiger partial charge >= 0.3 is 0 Å². The quantitative estimate of drug-likeness (QED) is 0.384. The molecule has 1 fully saturated rings. The Morgan fingerprint density at radius 2 is 1.94 bits per heavy atom. The van der Waals surface area contributed by atoms with Gasteiger partial charge in [-0.3, -0.25) is 0 Å². The summed E-state index contributed by atoms with van der Waals surface area (Å²) in [5.41, 5.74) is 4.88. The first-order chi connectivity index (χ1) is 17.0. The number of fused-ring (bicyclic) bond motifs is 1. The van der Waals surface area contributed by atoms with Crippen molar-refractivity contribution in [2.24, 2.45) is 0 Å². The number of aromatic nitrogens is 6. The highest BCUT2D eigenvalue weighted by molar-refractivity contribution is 5.87. The highest BCUT2D eigenvalue weighted by Crippen LogP contribution is 2.29. The zero-order valence-electron chi connectivity index (χ0n) is 20.8. The molecule has 35 heavy (non-hydrogen) atoms. The molecule has 184 valence electrons. The summed E-state index contributed by atoms with van der Waals surface area (Å²) in [6.07, 6.45) is 1.84. The van der Waals surface area contributed by atoms with E-state index in [2.05, 4.69) is 34.9 Å². The molecule has 4 heterocycles. The molecule has 1 saturated heterocycles. The maximum atomic E-state index is 5.60. The Labute approximate surface area is 205 Å². The van der Waals surface area contributed by atoms with Gasteiger partial charge in [-0.2, -0.15) is 4.68 Å². The first kappa shape index (κ1) is 23.4. The molecule has 1 aliphatic heterocycles. The van der Waals surface area contributed by atoms with Gasteiger partial charge in [0.25, 0.3) is 0 Å². The molecule has 0 aliphatic carbocycles. The van der Waals surface area contributed by atoms with Crippen LogP contribution in [0.5, 0.6) is 0 Å². The molecule has 10 nitrogen and oxygen atoms in total. The number of rotatable bonds is 8. The highest BCUT2D eigenvalue weighted by Gasteiger charge is 2.22. The number of morpholine rings is 1. The van der Waals surface area contributed by atoms with Crippen molar-refractivity contribution in [3.63, 3.8) is 0 Å². The Hall–Kier alpha value is -3.34. The molecular weight excluding hydrogens is 444 g/mol. The van der Waals surface area contributed by atoms with E-state index in [0.29, 0.717) is 38.7 Å². The minimum atomic E-state index is 0.580. The summed E-state index contributed by atoms with van der Waals surface area (Å²) in [6.45, 7) is 6.95. The molecule has 0 atom stereocenters. The van der Waals surface area contributed by atoms with E-state index < -0.39 is 0 Å². The van der Waals surface area contributed by atoms with Crippen molar-refractivity contribution >= 4 is 16.9 Å². The molecule has 0 spiro atoms. The molecule has 1 aromatic carbocycles. The van der Waals surface area contributed by atoms with E-state index in [4.69, 9.17) is 29.5 Å². The second kappa shape index (κ2) is 10.1. The number of hydrogen-bond donors (Lipinski definition) is 0. The predicted octanol–water partition coefficient (Wildman–Crippen LogP) is 2.53. The third-order valence-electron chi connectivity index (χ3n) is 6.05. The average Bonchev–Trinajstić information content (AvgIpc) is 3.46. The fourth-order valence-corrected chi connectivity index (χ4v) is 4.33. The van der Waals surface area contributed by atoms with Crippen LogP contribution < -0.4 is 4.90 Å². The van der Waals surface area contributed by atoms with Gasteiger partial charge < -0.3 is 23.8 Å². The first-order valence-electron chi connectivity index (χ1n) is 11.9. The van der Waals surface area contributed by atoms with Crippen LogP contribution in [0, 0.1) is 6.92 Å². The molecule has 0 bridgehead atoms. The van der Waals surface area contributed by atoms with Crippen molar-refractivity contribution in [2.75, 3.05) is 59.0 Å². The fraction of sp³-hybridized carbons (Fsp3) is 0.440. The van der Waals surface area contributed by atoms with Crippen LogP contribution >= 0.6 is 0 Å². The van der Waals surface area contributed by atoms with Gasteiger partial charge in [0.05, 0.1) is 38.4 Å². The van der Waals surface area contributed by atoms with Gasteiger partial charge in [0.1, 0.15) is 11.3 Å². The van der Waals surface area contributed by atoms with Gasteiger partial charge in [-0.25, -0.2) is 15.0 Å². The number of anilines is 1. The third-order valence-corrected chi connectivity index (χ3v) is 6.05. The maximum Gasteiger partial charge on any atom is 0.181 e. The van der Waals surface area contributed by atoms with Gasteiger partial charge in [-0.15, -0.1) is 5.10 Å². The summed E-state index contributed by atoms with van der Waals surface area (Å²) in [5, 5.41) is 4.93.